The van der Waals surface area contributed by atoms with Gasteiger partial charge in [-0.25, -0.2) is 0 Å². The first kappa shape index (κ1) is 26.0. The van der Waals surface area contributed by atoms with Gasteiger partial charge in [-0.1, -0.05) is 89.6 Å². The number of aryl methyl sites for hydroxylation is 1. The van der Waals surface area contributed by atoms with E-state index in [4.69, 9.17) is 14.2 Å². The maximum atomic E-state index is 16.0. The van der Waals surface area contributed by atoms with Crippen LogP contribution in [0, 0.1) is 12.8 Å². The molecule has 35 heavy (non-hydrogen) atoms. The third-order valence-corrected chi connectivity index (χ3v) is 7.00. The molecule has 3 aromatic rings. The molecule has 0 amide bonds. The van der Waals surface area contributed by atoms with E-state index in [0.29, 0.717) is 18.6 Å². The fourth-order valence-corrected chi connectivity index (χ4v) is 5.00. The number of alkyl halides is 2. The maximum Gasteiger partial charge on any atom is 0.301 e. The first-order chi connectivity index (χ1) is 16.8. The summed E-state index contributed by atoms with van der Waals surface area (Å²) < 4.78 is 50.9. The minimum atomic E-state index is -3.23. The average Bonchev–Trinajstić information content (AvgIpc) is 2.84. The molecule has 0 bridgehead atoms. The van der Waals surface area contributed by atoms with Crippen LogP contribution >= 0.6 is 15.9 Å². The van der Waals surface area contributed by atoms with E-state index in [9.17, 15) is 0 Å². The number of rotatable bonds is 9. The lowest BCUT2D eigenvalue weighted by atomic mass is 9.86. The van der Waals surface area contributed by atoms with Crippen LogP contribution in [0.5, 0.6) is 0 Å². The van der Waals surface area contributed by atoms with E-state index in [0.717, 1.165) is 15.6 Å². The smallest absolute Gasteiger partial charge is 0.301 e. The Morgan fingerprint density at radius 3 is 2.20 bits per heavy atom. The molecule has 4 atom stereocenters. The van der Waals surface area contributed by atoms with E-state index in [1.807, 2.05) is 67.6 Å². The summed E-state index contributed by atoms with van der Waals surface area (Å²) in [5.74, 6) is -3.23. The van der Waals surface area contributed by atoms with E-state index in [-0.39, 0.29) is 24.7 Å². The molecule has 0 N–H and O–H groups in total. The van der Waals surface area contributed by atoms with Gasteiger partial charge in [0.15, 0.2) is 6.10 Å². The Kier molecular flexibility index (Phi) is 8.71. The summed E-state index contributed by atoms with van der Waals surface area (Å²) in [6, 6.07) is 24.2. The molecule has 1 fully saturated rings. The molecule has 0 radical (unpaired) electrons. The van der Waals surface area contributed by atoms with E-state index in [1.165, 1.54) is 6.07 Å². The van der Waals surface area contributed by atoms with E-state index in [2.05, 4.69) is 15.9 Å². The molecule has 1 heterocycles. The quantitative estimate of drug-likeness (QED) is 0.280. The highest BCUT2D eigenvalue weighted by atomic mass is 79.9. The van der Waals surface area contributed by atoms with E-state index >= 15 is 8.78 Å². The molecule has 0 aromatic heterocycles. The van der Waals surface area contributed by atoms with Gasteiger partial charge in [0.25, 0.3) is 0 Å². The van der Waals surface area contributed by atoms with Crippen molar-refractivity contribution in [2.45, 2.75) is 57.7 Å². The lowest BCUT2D eigenvalue weighted by Crippen LogP contribution is -2.53. The summed E-state index contributed by atoms with van der Waals surface area (Å²) in [6.07, 6.45) is -2.18. The van der Waals surface area contributed by atoms with Crippen LogP contribution in [0.1, 0.15) is 35.6 Å². The second-order valence-corrected chi connectivity index (χ2v) is 10.1. The highest BCUT2D eigenvalue weighted by Crippen LogP contribution is 2.43. The Labute approximate surface area is 214 Å². The van der Waals surface area contributed by atoms with Crippen molar-refractivity contribution in [3.05, 3.63) is 106 Å². The molecular weight excluding hydrogens is 514 g/mol. The maximum absolute atomic E-state index is 16.0. The fraction of sp³-hybridized carbons (Fsp3) is 0.379. The molecule has 186 valence electrons. The van der Waals surface area contributed by atoms with Crippen molar-refractivity contribution in [3.8, 4) is 0 Å². The lowest BCUT2D eigenvalue weighted by molar-refractivity contribution is -0.255. The Balaban J connectivity index is 1.52. The molecular formula is C29H31BrF2O3. The molecule has 3 nitrogen and oxygen atoms in total. The third-order valence-electron chi connectivity index (χ3n) is 6.50. The first-order valence-electron chi connectivity index (χ1n) is 11.9. The van der Waals surface area contributed by atoms with Crippen LogP contribution in [-0.2, 0) is 33.3 Å². The van der Waals surface area contributed by atoms with Gasteiger partial charge in [0.1, 0.15) is 0 Å². The van der Waals surface area contributed by atoms with Gasteiger partial charge < -0.3 is 14.2 Å². The van der Waals surface area contributed by atoms with Crippen LogP contribution in [0.15, 0.2) is 83.3 Å². The summed E-state index contributed by atoms with van der Waals surface area (Å²) in [5.41, 5.74) is 2.44. The zero-order valence-electron chi connectivity index (χ0n) is 20.0. The monoisotopic (exact) mass is 544 g/mol. The van der Waals surface area contributed by atoms with Gasteiger partial charge in [-0.2, -0.15) is 8.78 Å². The largest absolute Gasteiger partial charge is 0.374 e. The summed E-state index contributed by atoms with van der Waals surface area (Å²) in [5, 5.41) is 0. The zero-order valence-corrected chi connectivity index (χ0v) is 21.6. The molecule has 1 saturated heterocycles. The molecule has 1 aliphatic heterocycles. The van der Waals surface area contributed by atoms with Crippen molar-refractivity contribution in [1.82, 2.24) is 0 Å². The summed E-state index contributed by atoms with van der Waals surface area (Å²) in [7, 11) is 0. The molecule has 0 aliphatic carbocycles. The highest BCUT2D eigenvalue weighted by molar-refractivity contribution is 9.10. The van der Waals surface area contributed by atoms with E-state index < -0.39 is 24.2 Å². The van der Waals surface area contributed by atoms with Crippen LogP contribution in [0.2, 0.25) is 0 Å². The Bertz CT molecular complexity index is 1080. The highest BCUT2D eigenvalue weighted by Gasteiger charge is 2.52. The molecule has 1 aliphatic rings. The predicted octanol–water partition coefficient (Wildman–Crippen LogP) is 7.45. The van der Waals surface area contributed by atoms with Crippen molar-refractivity contribution in [1.29, 1.82) is 0 Å². The average molecular weight is 545 g/mol. The van der Waals surface area contributed by atoms with Crippen molar-refractivity contribution in [3.63, 3.8) is 0 Å². The number of hydrogen-bond donors (Lipinski definition) is 0. The van der Waals surface area contributed by atoms with Crippen molar-refractivity contribution in [2.24, 2.45) is 5.92 Å². The fourth-order valence-electron chi connectivity index (χ4n) is 4.53. The van der Waals surface area contributed by atoms with Crippen LogP contribution in [0.25, 0.3) is 0 Å². The second-order valence-electron chi connectivity index (χ2n) is 9.23. The Hall–Kier alpha value is -2.12. The summed E-state index contributed by atoms with van der Waals surface area (Å²) >= 11 is 3.37. The standard InChI is InChI=1S/C29H31BrF2O3/c1-20-15-24(30)13-14-25(20)29(31,32)28-26(34-18-23-11-7-4-8-12-23)16-21(2)27(35-28)19-33-17-22-9-5-3-6-10-22/h3-15,21,26-28H,16-19H2,1-2H3/t21-,26?,27?,28-/m0/s1. The summed E-state index contributed by atoms with van der Waals surface area (Å²) in [4.78, 5) is 0. The van der Waals surface area contributed by atoms with Crippen LogP contribution in [-0.4, -0.2) is 24.9 Å². The van der Waals surface area contributed by atoms with Crippen LogP contribution in [0.4, 0.5) is 8.78 Å². The number of ether oxygens (including phenoxy) is 3. The molecule has 4 rings (SSSR count). The Morgan fingerprint density at radius 1 is 0.943 bits per heavy atom. The third kappa shape index (κ3) is 6.56. The second kappa shape index (κ2) is 11.7. The van der Waals surface area contributed by atoms with Crippen molar-refractivity contribution in [2.75, 3.05) is 6.61 Å². The topological polar surface area (TPSA) is 27.7 Å². The molecule has 6 heteroatoms. The minimum absolute atomic E-state index is 0.00427. The van der Waals surface area contributed by atoms with Gasteiger partial charge in [-0.3, -0.25) is 0 Å². The SMILES string of the molecule is Cc1cc(Br)ccc1C(F)(F)[C@H]1OC(COCc2ccccc2)[C@@H](C)CC1OCc1ccccc1. The number of hydrogen-bond acceptors (Lipinski definition) is 3. The minimum Gasteiger partial charge on any atom is -0.374 e. The van der Waals surface area contributed by atoms with Crippen molar-refractivity contribution < 1.29 is 23.0 Å². The van der Waals surface area contributed by atoms with Gasteiger partial charge >= 0.3 is 5.92 Å². The lowest BCUT2D eigenvalue weighted by Gasteiger charge is -2.43. The summed E-state index contributed by atoms with van der Waals surface area (Å²) in [6.45, 7) is 4.61. The number of halogens is 3. The van der Waals surface area contributed by atoms with Gasteiger partial charge in [0, 0.05) is 10.0 Å². The molecule has 0 spiro atoms. The van der Waals surface area contributed by atoms with Gasteiger partial charge in [-0.15, -0.1) is 0 Å². The van der Waals surface area contributed by atoms with Crippen LogP contribution in [0.3, 0.4) is 0 Å². The molecule has 2 unspecified atom stereocenters. The molecule has 0 saturated carbocycles. The van der Waals surface area contributed by atoms with Gasteiger partial charge in [0.05, 0.1) is 32.0 Å². The van der Waals surface area contributed by atoms with Crippen LogP contribution < -0.4 is 0 Å². The Morgan fingerprint density at radius 2 is 1.57 bits per heavy atom. The zero-order chi connectivity index (χ0) is 24.8. The molecule has 3 aromatic carbocycles. The first-order valence-corrected chi connectivity index (χ1v) is 12.7. The van der Waals surface area contributed by atoms with Gasteiger partial charge in [0.2, 0.25) is 0 Å². The predicted molar refractivity (Wildman–Crippen MR) is 136 cm³/mol. The van der Waals surface area contributed by atoms with E-state index in [1.54, 1.807) is 19.1 Å². The van der Waals surface area contributed by atoms with Crippen molar-refractivity contribution >= 4 is 15.9 Å². The van der Waals surface area contributed by atoms with Gasteiger partial charge in [-0.05, 0) is 48.1 Å². The number of benzene rings is 3. The normalized spacial score (nSPS) is 22.8.